The van der Waals surface area contributed by atoms with Crippen LogP contribution >= 0.6 is 0 Å². The van der Waals surface area contributed by atoms with Crippen LogP contribution in [-0.2, 0) is 14.8 Å². The van der Waals surface area contributed by atoms with Crippen LogP contribution in [0.2, 0.25) is 0 Å². The molecule has 0 fully saturated rings. The summed E-state index contributed by atoms with van der Waals surface area (Å²) in [6.07, 6.45) is 2.47. The lowest BCUT2D eigenvalue weighted by Gasteiger charge is -2.22. The smallest absolute Gasteiger partial charge is 0.260 e. The number of methoxy groups -OCH3 is 2. The largest absolute Gasteiger partial charge is 0.497 e. The number of hydrazone groups is 1. The normalized spacial score (nSPS) is 11.3. The Morgan fingerprint density at radius 1 is 1.10 bits per heavy atom. The van der Waals surface area contributed by atoms with Gasteiger partial charge in [-0.1, -0.05) is 6.07 Å². The molecule has 0 saturated carbocycles. The lowest BCUT2D eigenvalue weighted by molar-refractivity contribution is -0.119. The van der Waals surface area contributed by atoms with E-state index in [1.165, 1.54) is 13.3 Å². The van der Waals surface area contributed by atoms with E-state index < -0.39 is 22.5 Å². The summed E-state index contributed by atoms with van der Waals surface area (Å²) in [7, 11) is -0.595. The number of rotatable bonds is 8. The fourth-order valence-electron chi connectivity index (χ4n) is 2.76. The first-order chi connectivity index (χ1) is 13.6. The van der Waals surface area contributed by atoms with Crippen LogP contribution in [0.4, 0.5) is 5.69 Å². The van der Waals surface area contributed by atoms with Gasteiger partial charge in [-0.25, -0.2) is 13.8 Å². The van der Waals surface area contributed by atoms with Gasteiger partial charge in [-0.15, -0.1) is 0 Å². The van der Waals surface area contributed by atoms with E-state index >= 15 is 0 Å². The Morgan fingerprint density at radius 2 is 1.76 bits per heavy atom. The monoisotopic (exact) mass is 419 g/mol. The second-order valence-corrected chi connectivity index (χ2v) is 8.42. The van der Waals surface area contributed by atoms with Crippen LogP contribution in [0.5, 0.6) is 11.5 Å². The average molecular weight is 420 g/mol. The fraction of sp³-hybridized carbons (Fsp3) is 0.300. The quantitative estimate of drug-likeness (QED) is 0.523. The maximum atomic E-state index is 12.3. The van der Waals surface area contributed by atoms with E-state index in [9.17, 15) is 13.2 Å². The molecule has 0 aliphatic carbocycles. The number of nitrogens with one attached hydrogen (secondary N) is 1. The molecule has 8 nitrogen and oxygen atoms in total. The van der Waals surface area contributed by atoms with Crippen molar-refractivity contribution in [1.29, 1.82) is 0 Å². The molecule has 9 heteroatoms. The predicted molar refractivity (Wildman–Crippen MR) is 113 cm³/mol. The third kappa shape index (κ3) is 6.21. The number of sulfonamides is 1. The summed E-state index contributed by atoms with van der Waals surface area (Å²) >= 11 is 0. The molecular weight excluding hydrogens is 394 g/mol. The van der Waals surface area contributed by atoms with Crippen LogP contribution in [0.25, 0.3) is 0 Å². The first-order valence-corrected chi connectivity index (χ1v) is 10.6. The Kier molecular flexibility index (Phi) is 7.22. The van der Waals surface area contributed by atoms with Crippen molar-refractivity contribution in [3.8, 4) is 11.5 Å². The van der Waals surface area contributed by atoms with Gasteiger partial charge in [0.05, 0.1) is 32.4 Å². The minimum atomic E-state index is -3.66. The number of anilines is 1. The number of ether oxygens (including phenoxy) is 2. The van der Waals surface area contributed by atoms with Crippen LogP contribution in [0.1, 0.15) is 16.7 Å². The summed E-state index contributed by atoms with van der Waals surface area (Å²) in [5, 5.41) is 3.90. The number of nitrogens with zero attached hydrogens (tertiary/aromatic N) is 2. The molecule has 0 heterocycles. The molecule has 29 heavy (non-hydrogen) atoms. The van der Waals surface area contributed by atoms with Gasteiger partial charge in [0.1, 0.15) is 18.0 Å². The number of carbonyl (C=O) groups excluding carboxylic acids is 1. The maximum Gasteiger partial charge on any atom is 0.260 e. The summed E-state index contributed by atoms with van der Waals surface area (Å²) in [6, 6.07) is 10.5. The molecule has 2 aromatic carbocycles. The zero-order chi connectivity index (χ0) is 21.6. The van der Waals surface area contributed by atoms with Crippen LogP contribution in [0, 0.1) is 13.8 Å². The lowest BCUT2D eigenvalue weighted by atomic mass is 10.1. The molecule has 2 rings (SSSR count). The van der Waals surface area contributed by atoms with E-state index in [1.807, 2.05) is 19.9 Å². The number of aryl methyl sites for hydroxylation is 2. The number of amides is 1. The van der Waals surface area contributed by atoms with E-state index in [0.717, 1.165) is 21.7 Å². The fourth-order valence-corrected chi connectivity index (χ4v) is 3.60. The van der Waals surface area contributed by atoms with Crippen molar-refractivity contribution >= 4 is 27.8 Å². The van der Waals surface area contributed by atoms with Crippen molar-refractivity contribution in [1.82, 2.24) is 5.43 Å². The highest BCUT2D eigenvalue weighted by atomic mass is 32.2. The minimum Gasteiger partial charge on any atom is -0.497 e. The first kappa shape index (κ1) is 22.2. The first-order valence-electron chi connectivity index (χ1n) is 8.74. The summed E-state index contributed by atoms with van der Waals surface area (Å²) in [6.45, 7) is 3.34. The molecule has 0 aliphatic rings. The van der Waals surface area contributed by atoms with Gasteiger partial charge in [0.15, 0.2) is 0 Å². The summed E-state index contributed by atoms with van der Waals surface area (Å²) in [5.41, 5.74) is 5.21. The minimum absolute atomic E-state index is 0.390. The number of carbonyl (C=O) groups is 1. The van der Waals surface area contributed by atoms with Gasteiger partial charge >= 0.3 is 0 Å². The average Bonchev–Trinajstić information content (AvgIpc) is 2.64. The van der Waals surface area contributed by atoms with E-state index in [4.69, 9.17) is 9.47 Å². The van der Waals surface area contributed by atoms with Gasteiger partial charge in [-0.05, 0) is 49.2 Å². The zero-order valence-electron chi connectivity index (χ0n) is 17.1. The Balaban J connectivity index is 2.14. The van der Waals surface area contributed by atoms with Crippen LogP contribution in [0.15, 0.2) is 41.5 Å². The van der Waals surface area contributed by atoms with Gasteiger partial charge in [0, 0.05) is 11.6 Å². The van der Waals surface area contributed by atoms with Crippen molar-refractivity contribution < 1.29 is 22.7 Å². The van der Waals surface area contributed by atoms with Crippen molar-refractivity contribution in [2.75, 3.05) is 31.3 Å². The van der Waals surface area contributed by atoms with Crippen LogP contribution in [0.3, 0.4) is 0 Å². The second-order valence-electron chi connectivity index (χ2n) is 6.52. The molecule has 0 saturated heterocycles. The van der Waals surface area contributed by atoms with Gasteiger partial charge in [-0.3, -0.25) is 9.10 Å². The molecule has 1 amide bonds. The molecule has 0 bridgehead atoms. The Hall–Kier alpha value is -3.07. The Labute approximate surface area is 171 Å². The zero-order valence-corrected chi connectivity index (χ0v) is 17.9. The molecule has 0 aromatic heterocycles. The lowest BCUT2D eigenvalue weighted by Crippen LogP contribution is -2.39. The van der Waals surface area contributed by atoms with E-state index in [-0.39, 0.29) is 0 Å². The SMILES string of the molecule is COc1ccc(/C=N\NC(=O)CN(c2cc(C)cc(C)c2)S(C)(=O)=O)c(OC)c1. The topological polar surface area (TPSA) is 97.3 Å². The third-order valence-corrected chi connectivity index (χ3v) is 5.16. The number of benzene rings is 2. The Morgan fingerprint density at radius 3 is 2.31 bits per heavy atom. The highest BCUT2D eigenvalue weighted by molar-refractivity contribution is 7.92. The molecule has 0 unspecified atom stereocenters. The Bertz CT molecular complexity index is 999. The molecule has 156 valence electrons. The van der Waals surface area contributed by atoms with Crippen molar-refractivity contribution in [2.24, 2.45) is 5.10 Å². The van der Waals surface area contributed by atoms with E-state index in [2.05, 4.69) is 10.5 Å². The number of hydrogen-bond acceptors (Lipinski definition) is 6. The molecular formula is C20H25N3O5S. The van der Waals surface area contributed by atoms with Crippen LogP contribution < -0.4 is 19.2 Å². The third-order valence-electron chi connectivity index (χ3n) is 4.02. The maximum absolute atomic E-state index is 12.3. The van der Waals surface area contributed by atoms with Gasteiger partial charge in [0.2, 0.25) is 10.0 Å². The standard InChI is InChI=1S/C20H25N3O5S/c1-14-8-15(2)10-17(9-14)23(29(5,25)26)13-20(24)22-21-12-16-6-7-18(27-3)11-19(16)28-4/h6-12H,13H2,1-5H3,(H,22,24)/b21-12-. The predicted octanol–water partition coefficient (Wildman–Crippen LogP) is 2.24. The molecule has 0 atom stereocenters. The summed E-state index contributed by atoms with van der Waals surface area (Å²) in [5.74, 6) is 0.578. The van der Waals surface area contributed by atoms with Gasteiger partial charge in [0.25, 0.3) is 5.91 Å². The van der Waals surface area contributed by atoms with E-state index in [0.29, 0.717) is 22.7 Å². The summed E-state index contributed by atoms with van der Waals surface area (Å²) < 4.78 is 35.9. The molecule has 2 aromatic rings. The van der Waals surface area contributed by atoms with Crippen molar-refractivity contribution in [3.05, 3.63) is 53.1 Å². The molecule has 0 radical (unpaired) electrons. The van der Waals surface area contributed by atoms with Crippen molar-refractivity contribution in [3.63, 3.8) is 0 Å². The van der Waals surface area contributed by atoms with Crippen molar-refractivity contribution in [2.45, 2.75) is 13.8 Å². The van der Waals surface area contributed by atoms with E-state index in [1.54, 1.807) is 37.4 Å². The highest BCUT2D eigenvalue weighted by Crippen LogP contribution is 2.23. The summed E-state index contributed by atoms with van der Waals surface area (Å²) in [4.78, 5) is 12.3. The van der Waals surface area contributed by atoms with Gasteiger partial charge in [-0.2, -0.15) is 5.10 Å². The molecule has 0 spiro atoms. The molecule has 0 aliphatic heterocycles. The van der Waals surface area contributed by atoms with Gasteiger partial charge < -0.3 is 9.47 Å². The molecule has 1 N–H and O–H groups in total. The van der Waals surface area contributed by atoms with Crippen LogP contribution in [-0.4, -0.2) is 47.6 Å². The second kappa shape index (κ2) is 9.42. The number of hydrogen-bond donors (Lipinski definition) is 1. The highest BCUT2D eigenvalue weighted by Gasteiger charge is 2.21.